The lowest BCUT2D eigenvalue weighted by atomic mass is 9.72. The van der Waals surface area contributed by atoms with E-state index in [1.807, 2.05) is 0 Å². The van der Waals surface area contributed by atoms with Gasteiger partial charge in [0.15, 0.2) is 0 Å². The van der Waals surface area contributed by atoms with Crippen LogP contribution in [0.3, 0.4) is 0 Å². The fourth-order valence-corrected chi connectivity index (χ4v) is 2.81. The average Bonchev–Trinajstić information content (AvgIpc) is 2.67. The van der Waals surface area contributed by atoms with Gasteiger partial charge in [-0.05, 0) is 42.3 Å². The highest BCUT2D eigenvalue weighted by atomic mass is 16.5. The minimum Gasteiger partial charge on any atom is -0.534 e. The zero-order valence-electron chi connectivity index (χ0n) is 14.4. The third-order valence-electron chi connectivity index (χ3n) is 4.19. The van der Waals surface area contributed by atoms with Crippen molar-refractivity contribution in [2.24, 2.45) is 0 Å². The maximum atomic E-state index is 12.4. The maximum Gasteiger partial charge on any atom is 0.547 e. The predicted octanol–water partition coefficient (Wildman–Crippen LogP) is 1.23. The Hall–Kier alpha value is -3.00. The third-order valence-corrected chi connectivity index (χ3v) is 4.19. The summed E-state index contributed by atoms with van der Waals surface area (Å²) in [6.07, 6.45) is 0.323. The van der Waals surface area contributed by atoms with Gasteiger partial charge in [-0.3, -0.25) is 4.79 Å². The molecule has 1 atom stereocenters. The van der Waals surface area contributed by atoms with Gasteiger partial charge in [-0.2, -0.15) is 0 Å². The number of methoxy groups -OCH3 is 2. The molecule has 1 aliphatic rings. The number of rotatable bonds is 4. The summed E-state index contributed by atoms with van der Waals surface area (Å²) in [6, 6.07) is 11.7. The normalized spacial score (nSPS) is 15.5. The van der Waals surface area contributed by atoms with E-state index in [0.717, 1.165) is 0 Å². The minimum atomic E-state index is -1.28. The first kappa shape index (κ1) is 17.8. The van der Waals surface area contributed by atoms with E-state index in [1.54, 1.807) is 49.6 Å². The minimum absolute atomic E-state index is 0.240. The second-order valence-corrected chi connectivity index (χ2v) is 5.81. The molecule has 0 aliphatic carbocycles. The molecule has 2 aromatic rings. The van der Waals surface area contributed by atoms with Gasteiger partial charge in [0.2, 0.25) is 0 Å². The van der Waals surface area contributed by atoms with E-state index >= 15 is 0 Å². The fraction of sp³-hybridized carbons (Fsp3) is 0.222. The topological polar surface area (TPSA) is 94.1 Å². The molecule has 0 saturated heterocycles. The standard InChI is InChI=1S/C18H18BNO6/c1-24-13-8-6-11(7-9-13)17(21)20-15-10-12-4-3-5-14(18(22)25-2)16(12)26-19(15)23/h3-9,15,23H,10H2,1-2H3,(H,20,21)/t15-/m0/s1. The SMILES string of the molecule is COC(=O)c1cccc2c1OB(O)[C@@H](NC(=O)c1ccc(OC)cc1)C2. The predicted molar refractivity (Wildman–Crippen MR) is 94.3 cm³/mol. The first-order chi connectivity index (χ1) is 12.5. The Balaban J connectivity index is 1.77. The first-order valence-corrected chi connectivity index (χ1v) is 8.03. The number of benzene rings is 2. The zero-order valence-corrected chi connectivity index (χ0v) is 14.4. The van der Waals surface area contributed by atoms with Crippen LogP contribution in [0.2, 0.25) is 0 Å². The Kier molecular flexibility index (Phi) is 5.13. The number of nitrogens with one attached hydrogen (secondary N) is 1. The summed E-state index contributed by atoms with van der Waals surface area (Å²) in [5.74, 6) is -0.610. The number of hydrogen-bond acceptors (Lipinski definition) is 6. The molecule has 0 aromatic heterocycles. The van der Waals surface area contributed by atoms with Gasteiger partial charge in [0.05, 0.1) is 20.2 Å². The molecule has 1 heterocycles. The zero-order chi connectivity index (χ0) is 18.7. The third kappa shape index (κ3) is 3.50. The van der Waals surface area contributed by atoms with E-state index in [9.17, 15) is 14.6 Å². The highest BCUT2D eigenvalue weighted by molar-refractivity contribution is 6.47. The molecule has 3 rings (SSSR count). The molecule has 2 N–H and O–H groups in total. The Labute approximate surface area is 151 Å². The van der Waals surface area contributed by atoms with Crippen LogP contribution in [0.4, 0.5) is 0 Å². The number of amides is 1. The van der Waals surface area contributed by atoms with Crippen molar-refractivity contribution >= 4 is 19.0 Å². The van der Waals surface area contributed by atoms with Gasteiger partial charge in [0.1, 0.15) is 17.1 Å². The monoisotopic (exact) mass is 355 g/mol. The second-order valence-electron chi connectivity index (χ2n) is 5.81. The van der Waals surface area contributed by atoms with Gasteiger partial charge < -0.3 is 24.5 Å². The van der Waals surface area contributed by atoms with E-state index < -0.39 is 19.0 Å². The van der Waals surface area contributed by atoms with Crippen LogP contribution in [0.25, 0.3) is 0 Å². The summed E-state index contributed by atoms with van der Waals surface area (Å²) >= 11 is 0. The molecule has 26 heavy (non-hydrogen) atoms. The van der Waals surface area contributed by atoms with Crippen molar-refractivity contribution in [3.63, 3.8) is 0 Å². The molecule has 8 heteroatoms. The summed E-state index contributed by atoms with van der Waals surface area (Å²) in [6.45, 7) is 0. The number of fused-ring (bicyclic) bond motifs is 1. The number of hydrogen-bond donors (Lipinski definition) is 2. The van der Waals surface area contributed by atoms with Gasteiger partial charge in [-0.25, -0.2) is 4.79 Å². The van der Waals surface area contributed by atoms with Gasteiger partial charge in [-0.1, -0.05) is 12.1 Å². The summed E-state index contributed by atoms with van der Waals surface area (Å²) in [4.78, 5) is 24.2. The van der Waals surface area contributed by atoms with Crippen molar-refractivity contribution < 1.29 is 28.7 Å². The summed E-state index contributed by atoms with van der Waals surface area (Å²) in [5, 5.41) is 13.0. The quantitative estimate of drug-likeness (QED) is 0.633. The molecular formula is C18H18BNO6. The average molecular weight is 355 g/mol. The highest BCUT2D eigenvalue weighted by Gasteiger charge is 2.37. The van der Waals surface area contributed by atoms with Crippen LogP contribution >= 0.6 is 0 Å². The molecule has 0 fully saturated rings. The number of esters is 1. The van der Waals surface area contributed by atoms with E-state index in [0.29, 0.717) is 23.3 Å². The lowest BCUT2D eigenvalue weighted by molar-refractivity contribution is 0.0597. The number of carbonyl (C=O) groups is 2. The van der Waals surface area contributed by atoms with E-state index in [4.69, 9.17) is 14.1 Å². The van der Waals surface area contributed by atoms with Crippen LogP contribution in [0, 0.1) is 0 Å². The van der Waals surface area contributed by atoms with Gasteiger partial charge in [-0.15, -0.1) is 0 Å². The molecule has 1 amide bonds. The first-order valence-electron chi connectivity index (χ1n) is 8.03. The molecule has 0 radical (unpaired) electrons. The van der Waals surface area contributed by atoms with Crippen molar-refractivity contribution in [2.45, 2.75) is 12.4 Å². The summed E-state index contributed by atoms with van der Waals surface area (Å²) in [5.41, 5.74) is 1.38. The Morgan fingerprint density at radius 2 is 1.92 bits per heavy atom. The van der Waals surface area contributed by atoms with Crippen LogP contribution < -0.4 is 14.7 Å². The second kappa shape index (κ2) is 7.49. The number of carbonyl (C=O) groups excluding carboxylic acids is 2. The summed E-state index contributed by atoms with van der Waals surface area (Å²) in [7, 11) is 1.54. The Morgan fingerprint density at radius 3 is 2.58 bits per heavy atom. The van der Waals surface area contributed by atoms with Crippen LogP contribution in [0.15, 0.2) is 42.5 Å². The van der Waals surface area contributed by atoms with Gasteiger partial charge in [0.25, 0.3) is 5.91 Å². The van der Waals surface area contributed by atoms with Crippen molar-refractivity contribution in [3.05, 3.63) is 59.2 Å². The molecule has 1 aliphatic heterocycles. The number of para-hydroxylation sites is 1. The van der Waals surface area contributed by atoms with Gasteiger partial charge >= 0.3 is 13.1 Å². The molecule has 0 unspecified atom stereocenters. The van der Waals surface area contributed by atoms with Crippen LogP contribution in [0.5, 0.6) is 11.5 Å². The highest BCUT2D eigenvalue weighted by Crippen LogP contribution is 2.30. The van der Waals surface area contributed by atoms with Crippen molar-refractivity contribution in [2.75, 3.05) is 14.2 Å². The smallest absolute Gasteiger partial charge is 0.534 e. The largest absolute Gasteiger partial charge is 0.547 e. The lowest BCUT2D eigenvalue weighted by Gasteiger charge is -2.29. The van der Waals surface area contributed by atoms with Crippen LogP contribution in [-0.4, -0.2) is 44.2 Å². The van der Waals surface area contributed by atoms with E-state index in [1.165, 1.54) is 7.11 Å². The molecule has 134 valence electrons. The Bertz CT molecular complexity index is 823. The maximum absolute atomic E-state index is 12.4. The molecule has 0 bridgehead atoms. The lowest BCUT2D eigenvalue weighted by Crippen LogP contribution is -2.53. The number of ether oxygens (including phenoxy) is 2. The van der Waals surface area contributed by atoms with Crippen LogP contribution in [-0.2, 0) is 11.2 Å². The van der Waals surface area contributed by atoms with E-state index in [-0.39, 0.29) is 17.2 Å². The summed E-state index contributed by atoms with van der Waals surface area (Å²) < 4.78 is 15.3. The molecule has 7 nitrogen and oxygen atoms in total. The van der Waals surface area contributed by atoms with Gasteiger partial charge in [0, 0.05) is 5.56 Å². The van der Waals surface area contributed by atoms with Crippen LogP contribution in [0.1, 0.15) is 26.3 Å². The molecule has 0 spiro atoms. The fourth-order valence-electron chi connectivity index (χ4n) is 2.81. The van der Waals surface area contributed by atoms with E-state index in [2.05, 4.69) is 5.32 Å². The molecular weight excluding hydrogens is 337 g/mol. The van der Waals surface area contributed by atoms with Crippen molar-refractivity contribution in [1.82, 2.24) is 5.32 Å². The molecule has 2 aromatic carbocycles. The van der Waals surface area contributed by atoms with Crippen molar-refractivity contribution in [3.8, 4) is 11.5 Å². The Morgan fingerprint density at radius 1 is 1.19 bits per heavy atom. The molecule has 0 saturated carbocycles. The van der Waals surface area contributed by atoms with Crippen molar-refractivity contribution in [1.29, 1.82) is 0 Å².